The van der Waals surface area contributed by atoms with Gasteiger partial charge in [-0.15, -0.1) is 0 Å². The van der Waals surface area contributed by atoms with Crippen LogP contribution in [0.25, 0.3) is 5.65 Å². The molecule has 3 rings (SSSR count). The molecule has 2 aromatic rings. The fraction of sp³-hybridized carbons (Fsp3) is 0.417. The Hall–Kier alpha value is -1.63. The molecule has 1 fully saturated rings. The fourth-order valence-electron chi connectivity index (χ4n) is 1.88. The fourth-order valence-corrected chi connectivity index (χ4v) is 2.27. The van der Waals surface area contributed by atoms with Gasteiger partial charge in [-0.05, 0) is 28.8 Å². The van der Waals surface area contributed by atoms with Gasteiger partial charge in [0, 0.05) is 37.6 Å². The average molecular weight is 324 g/mol. The van der Waals surface area contributed by atoms with E-state index < -0.39 is 0 Å². The molecule has 0 aromatic carbocycles. The van der Waals surface area contributed by atoms with Gasteiger partial charge in [0.1, 0.15) is 4.60 Å². The molecule has 6 nitrogen and oxygen atoms in total. The van der Waals surface area contributed by atoms with Crippen LogP contribution >= 0.6 is 15.9 Å². The zero-order valence-corrected chi connectivity index (χ0v) is 11.9. The molecule has 0 bridgehead atoms. The summed E-state index contributed by atoms with van der Waals surface area (Å²) in [5.74, 6) is 1.12. The number of nitrogens with one attached hydrogen (secondary N) is 2. The van der Waals surface area contributed by atoms with E-state index in [2.05, 4.69) is 36.5 Å². The van der Waals surface area contributed by atoms with E-state index in [9.17, 15) is 4.79 Å². The topological polar surface area (TPSA) is 71.3 Å². The van der Waals surface area contributed by atoms with Crippen LogP contribution in [0.2, 0.25) is 0 Å². The summed E-state index contributed by atoms with van der Waals surface area (Å²) >= 11 is 3.36. The molecule has 100 valence electrons. The summed E-state index contributed by atoms with van der Waals surface area (Å²) in [5, 5.41) is 6.09. The van der Waals surface area contributed by atoms with Crippen molar-refractivity contribution in [1.82, 2.24) is 19.7 Å². The van der Waals surface area contributed by atoms with Crippen LogP contribution in [0.3, 0.4) is 0 Å². The maximum atomic E-state index is 11.5. The molecule has 1 aliphatic carbocycles. The standard InChI is InChI=1S/C12H14BrN5O/c13-9-7-18-6-5-15-11(18)10(17-9)14-3-4-16-12(19)8-1-2-8/h5-8H,1-4H2,(H,14,17)(H,16,19). The van der Waals surface area contributed by atoms with Gasteiger partial charge in [-0.25, -0.2) is 9.97 Å². The number of aromatic nitrogens is 3. The Bertz CT molecular complexity index is 607. The normalized spacial score (nSPS) is 14.6. The number of anilines is 1. The molecule has 0 aliphatic heterocycles. The van der Waals surface area contributed by atoms with Gasteiger partial charge in [0.15, 0.2) is 11.5 Å². The molecule has 0 saturated heterocycles. The molecular weight excluding hydrogens is 310 g/mol. The molecule has 1 amide bonds. The summed E-state index contributed by atoms with van der Waals surface area (Å²) < 4.78 is 2.63. The molecule has 1 aliphatic rings. The Kier molecular flexibility index (Phi) is 3.37. The van der Waals surface area contributed by atoms with Gasteiger partial charge in [-0.1, -0.05) is 0 Å². The largest absolute Gasteiger partial charge is 0.365 e. The highest BCUT2D eigenvalue weighted by Crippen LogP contribution is 2.28. The zero-order valence-electron chi connectivity index (χ0n) is 10.3. The predicted molar refractivity (Wildman–Crippen MR) is 74.9 cm³/mol. The summed E-state index contributed by atoms with van der Waals surface area (Å²) in [6, 6.07) is 0. The minimum atomic E-state index is 0.162. The van der Waals surface area contributed by atoms with Crippen molar-refractivity contribution in [2.45, 2.75) is 12.8 Å². The highest BCUT2D eigenvalue weighted by molar-refractivity contribution is 9.10. The van der Waals surface area contributed by atoms with Gasteiger partial charge in [-0.3, -0.25) is 4.79 Å². The number of fused-ring (bicyclic) bond motifs is 1. The number of hydrogen-bond acceptors (Lipinski definition) is 4. The van der Waals surface area contributed by atoms with E-state index in [4.69, 9.17) is 0 Å². The molecule has 2 heterocycles. The number of carbonyl (C=O) groups is 1. The Morgan fingerprint density at radius 1 is 1.47 bits per heavy atom. The molecule has 0 unspecified atom stereocenters. The summed E-state index contributed by atoms with van der Waals surface area (Å²) in [6.07, 6.45) is 7.50. The Labute approximate surface area is 118 Å². The maximum absolute atomic E-state index is 11.5. The van der Waals surface area contributed by atoms with Crippen LogP contribution in [0.1, 0.15) is 12.8 Å². The molecule has 2 N–H and O–H groups in total. The lowest BCUT2D eigenvalue weighted by molar-refractivity contribution is -0.122. The number of amides is 1. The van der Waals surface area contributed by atoms with Crippen LogP contribution in [-0.2, 0) is 4.79 Å². The molecule has 2 aromatic heterocycles. The van der Waals surface area contributed by atoms with Crippen molar-refractivity contribution in [3.8, 4) is 0 Å². The van der Waals surface area contributed by atoms with Gasteiger partial charge in [0.05, 0.1) is 0 Å². The number of halogens is 1. The number of hydrogen-bond donors (Lipinski definition) is 2. The summed E-state index contributed by atoms with van der Waals surface area (Å²) in [5.41, 5.74) is 0.775. The van der Waals surface area contributed by atoms with Crippen molar-refractivity contribution >= 4 is 33.3 Å². The van der Waals surface area contributed by atoms with Crippen LogP contribution in [-0.4, -0.2) is 33.4 Å². The first kappa shape index (κ1) is 12.4. The Morgan fingerprint density at radius 2 is 2.32 bits per heavy atom. The zero-order chi connectivity index (χ0) is 13.2. The summed E-state index contributed by atoms with van der Waals surface area (Å²) in [4.78, 5) is 20.1. The van der Waals surface area contributed by atoms with Crippen molar-refractivity contribution < 1.29 is 4.79 Å². The molecule has 7 heteroatoms. The van der Waals surface area contributed by atoms with Crippen LogP contribution in [0, 0.1) is 5.92 Å². The number of nitrogens with zero attached hydrogens (tertiary/aromatic N) is 3. The lowest BCUT2D eigenvalue weighted by Gasteiger charge is -2.08. The van der Waals surface area contributed by atoms with E-state index in [1.807, 2.05) is 16.8 Å². The third kappa shape index (κ3) is 2.86. The van der Waals surface area contributed by atoms with Crippen LogP contribution in [0.4, 0.5) is 5.82 Å². The number of imidazole rings is 1. The first-order chi connectivity index (χ1) is 9.24. The average Bonchev–Trinajstić information content (AvgIpc) is 3.13. The molecule has 0 spiro atoms. The summed E-state index contributed by atoms with van der Waals surface area (Å²) in [7, 11) is 0. The maximum Gasteiger partial charge on any atom is 0.223 e. The smallest absolute Gasteiger partial charge is 0.223 e. The minimum absolute atomic E-state index is 0.162. The van der Waals surface area contributed by atoms with Crippen LogP contribution in [0.15, 0.2) is 23.2 Å². The number of rotatable bonds is 5. The minimum Gasteiger partial charge on any atom is -0.365 e. The third-order valence-electron chi connectivity index (χ3n) is 3.01. The summed E-state index contributed by atoms with van der Waals surface area (Å²) in [6.45, 7) is 1.22. The molecule has 1 saturated carbocycles. The van der Waals surface area contributed by atoms with Crippen molar-refractivity contribution in [3.05, 3.63) is 23.2 Å². The molecule has 19 heavy (non-hydrogen) atoms. The SMILES string of the molecule is O=C(NCCNc1nc(Br)cn2ccnc12)C1CC1. The van der Waals surface area contributed by atoms with Gasteiger partial charge in [-0.2, -0.15) is 0 Å². The van der Waals surface area contributed by atoms with Crippen molar-refractivity contribution in [1.29, 1.82) is 0 Å². The Morgan fingerprint density at radius 3 is 3.11 bits per heavy atom. The highest BCUT2D eigenvalue weighted by Gasteiger charge is 2.28. The highest BCUT2D eigenvalue weighted by atomic mass is 79.9. The lowest BCUT2D eigenvalue weighted by Crippen LogP contribution is -2.30. The predicted octanol–water partition coefficient (Wildman–Crippen LogP) is 1.43. The van der Waals surface area contributed by atoms with E-state index in [1.54, 1.807) is 6.20 Å². The first-order valence-electron chi connectivity index (χ1n) is 6.25. The monoisotopic (exact) mass is 323 g/mol. The van der Waals surface area contributed by atoms with E-state index in [-0.39, 0.29) is 11.8 Å². The lowest BCUT2D eigenvalue weighted by atomic mass is 10.4. The van der Waals surface area contributed by atoms with Crippen molar-refractivity contribution in [2.75, 3.05) is 18.4 Å². The van der Waals surface area contributed by atoms with Crippen molar-refractivity contribution in [2.24, 2.45) is 5.92 Å². The molecule has 0 atom stereocenters. The van der Waals surface area contributed by atoms with Gasteiger partial charge < -0.3 is 15.0 Å². The van der Waals surface area contributed by atoms with E-state index in [1.165, 1.54) is 0 Å². The van der Waals surface area contributed by atoms with Gasteiger partial charge >= 0.3 is 0 Å². The van der Waals surface area contributed by atoms with E-state index in [0.29, 0.717) is 18.9 Å². The molecular formula is C12H14BrN5O. The second kappa shape index (κ2) is 5.16. The van der Waals surface area contributed by atoms with Gasteiger partial charge in [0.2, 0.25) is 5.91 Å². The van der Waals surface area contributed by atoms with Crippen molar-refractivity contribution in [3.63, 3.8) is 0 Å². The van der Waals surface area contributed by atoms with Gasteiger partial charge in [0.25, 0.3) is 0 Å². The number of carbonyl (C=O) groups excluding carboxylic acids is 1. The first-order valence-corrected chi connectivity index (χ1v) is 7.04. The van der Waals surface area contributed by atoms with Crippen LogP contribution < -0.4 is 10.6 Å². The van der Waals surface area contributed by atoms with Crippen LogP contribution in [0.5, 0.6) is 0 Å². The third-order valence-corrected chi connectivity index (χ3v) is 3.39. The second-order valence-electron chi connectivity index (χ2n) is 4.56. The van der Waals surface area contributed by atoms with E-state index >= 15 is 0 Å². The second-order valence-corrected chi connectivity index (χ2v) is 5.37. The quantitative estimate of drug-likeness (QED) is 0.816. The van der Waals surface area contributed by atoms with E-state index in [0.717, 1.165) is 23.1 Å². The Balaban J connectivity index is 1.58. The molecule has 0 radical (unpaired) electrons.